The van der Waals surface area contributed by atoms with Crippen molar-refractivity contribution in [3.05, 3.63) is 63.9 Å². The van der Waals surface area contributed by atoms with Gasteiger partial charge in [0.15, 0.2) is 0 Å². The second-order valence-corrected chi connectivity index (χ2v) is 5.49. The molecule has 1 aromatic heterocycles. The fourth-order valence-electron chi connectivity index (χ4n) is 1.84. The Balaban J connectivity index is 2.09. The molecule has 1 heterocycles. The minimum atomic E-state index is -1.02. The molecule has 4 nitrogen and oxygen atoms in total. The molecule has 1 aromatic carbocycles. The SMILES string of the molecule is CC(NC(=O)c1cccc(C=CC(=O)O)c1)c1cccs1. The van der Waals surface area contributed by atoms with Gasteiger partial charge in [0.1, 0.15) is 0 Å². The quantitative estimate of drug-likeness (QED) is 0.832. The number of carboxylic acids is 1. The van der Waals surface area contributed by atoms with Crippen molar-refractivity contribution < 1.29 is 14.7 Å². The predicted octanol–water partition coefficient (Wildman–Crippen LogP) is 3.34. The Morgan fingerprint density at radius 3 is 2.76 bits per heavy atom. The predicted molar refractivity (Wildman–Crippen MR) is 83.3 cm³/mol. The Bertz CT molecular complexity index is 662. The van der Waals surface area contributed by atoms with Crippen molar-refractivity contribution in [3.8, 4) is 0 Å². The van der Waals surface area contributed by atoms with E-state index in [0.29, 0.717) is 11.1 Å². The Morgan fingerprint density at radius 2 is 2.10 bits per heavy atom. The molecule has 2 N–H and O–H groups in total. The Hall–Kier alpha value is -2.40. The van der Waals surface area contributed by atoms with E-state index in [0.717, 1.165) is 11.0 Å². The van der Waals surface area contributed by atoms with Crippen LogP contribution in [0.5, 0.6) is 0 Å². The number of carbonyl (C=O) groups excluding carboxylic acids is 1. The van der Waals surface area contributed by atoms with Crippen LogP contribution in [-0.2, 0) is 4.79 Å². The molecular formula is C16H15NO3S. The number of nitrogens with one attached hydrogen (secondary N) is 1. The van der Waals surface area contributed by atoms with Crippen LogP contribution in [0.3, 0.4) is 0 Å². The summed E-state index contributed by atoms with van der Waals surface area (Å²) in [5.74, 6) is -1.20. The third-order valence-electron chi connectivity index (χ3n) is 2.88. The van der Waals surface area contributed by atoms with Crippen LogP contribution in [0.1, 0.15) is 33.8 Å². The van der Waals surface area contributed by atoms with E-state index in [2.05, 4.69) is 5.32 Å². The molecule has 0 aliphatic heterocycles. The highest BCUT2D eigenvalue weighted by Gasteiger charge is 2.12. The summed E-state index contributed by atoms with van der Waals surface area (Å²) in [6.45, 7) is 1.93. The largest absolute Gasteiger partial charge is 0.478 e. The highest BCUT2D eigenvalue weighted by Crippen LogP contribution is 2.18. The first-order chi connectivity index (χ1) is 10.1. The van der Waals surface area contributed by atoms with Gasteiger partial charge >= 0.3 is 5.97 Å². The van der Waals surface area contributed by atoms with E-state index < -0.39 is 5.97 Å². The molecule has 0 aliphatic carbocycles. The van der Waals surface area contributed by atoms with E-state index in [1.807, 2.05) is 24.4 Å². The molecule has 1 amide bonds. The van der Waals surface area contributed by atoms with Crippen molar-refractivity contribution in [2.24, 2.45) is 0 Å². The van der Waals surface area contributed by atoms with Crippen molar-refractivity contribution in [2.45, 2.75) is 13.0 Å². The lowest BCUT2D eigenvalue weighted by molar-refractivity contribution is -0.131. The van der Waals surface area contributed by atoms with Crippen LogP contribution >= 0.6 is 11.3 Å². The minimum Gasteiger partial charge on any atom is -0.478 e. The molecule has 1 unspecified atom stereocenters. The molecule has 0 saturated carbocycles. The van der Waals surface area contributed by atoms with Gasteiger partial charge in [-0.3, -0.25) is 4.79 Å². The van der Waals surface area contributed by atoms with Gasteiger partial charge in [0, 0.05) is 16.5 Å². The number of thiophene rings is 1. The molecule has 0 spiro atoms. The standard InChI is InChI=1S/C16H15NO3S/c1-11(14-6-3-9-21-14)17-16(20)13-5-2-4-12(10-13)7-8-15(18)19/h2-11H,1H3,(H,17,20)(H,18,19). The van der Waals surface area contributed by atoms with Gasteiger partial charge < -0.3 is 10.4 Å². The van der Waals surface area contributed by atoms with Crippen molar-refractivity contribution in [2.75, 3.05) is 0 Å². The number of amides is 1. The van der Waals surface area contributed by atoms with Gasteiger partial charge in [0.05, 0.1) is 6.04 Å². The maximum Gasteiger partial charge on any atom is 0.328 e. The van der Waals surface area contributed by atoms with Crippen LogP contribution in [0, 0.1) is 0 Å². The molecule has 5 heteroatoms. The first kappa shape index (κ1) is 15.0. The topological polar surface area (TPSA) is 66.4 Å². The maximum absolute atomic E-state index is 12.2. The second-order valence-electron chi connectivity index (χ2n) is 4.51. The summed E-state index contributed by atoms with van der Waals surface area (Å²) in [5.41, 5.74) is 1.18. The molecule has 21 heavy (non-hydrogen) atoms. The maximum atomic E-state index is 12.2. The molecule has 0 bridgehead atoms. The number of carbonyl (C=O) groups is 2. The van der Waals surface area contributed by atoms with E-state index in [1.54, 1.807) is 35.6 Å². The first-order valence-electron chi connectivity index (χ1n) is 6.41. The van der Waals surface area contributed by atoms with Crippen LogP contribution in [0.15, 0.2) is 47.9 Å². The summed E-state index contributed by atoms with van der Waals surface area (Å²) in [7, 11) is 0. The van der Waals surface area contributed by atoms with E-state index in [1.165, 1.54) is 6.08 Å². The number of hydrogen-bond donors (Lipinski definition) is 2. The van der Waals surface area contributed by atoms with Crippen LogP contribution < -0.4 is 5.32 Å². The third kappa shape index (κ3) is 4.29. The Morgan fingerprint density at radius 1 is 1.29 bits per heavy atom. The number of rotatable bonds is 5. The highest BCUT2D eigenvalue weighted by atomic mass is 32.1. The van der Waals surface area contributed by atoms with E-state index in [-0.39, 0.29) is 11.9 Å². The first-order valence-corrected chi connectivity index (χ1v) is 7.29. The zero-order valence-electron chi connectivity index (χ0n) is 11.4. The van der Waals surface area contributed by atoms with Crippen LogP contribution in [0.4, 0.5) is 0 Å². The van der Waals surface area contributed by atoms with E-state index in [9.17, 15) is 9.59 Å². The van der Waals surface area contributed by atoms with Gasteiger partial charge in [-0.15, -0.1) is 11.3 Å². The average molecular weight is 301 g/mol. The normalized spacial score (nSPS) is 12.2. The molecule has 2 rings (SSSR count). The molecule has 0 aliphatic rings. The molecule has 1 atom stereocenters. The number of aliphatic carboxylic acids is 1. The smallest absolute Gasteiger partial charge is 0.328 e. The molecule has 0 fully saturated rings. The zero-order valence-corrected chi connectivity index (χ0v) is 12.3. The summed E-state index contributed by atoms with van der Waals surface area (Å²) in [4.78, 5) is 23.8. The van der Waals surface area contributed by atoms with Crippen molar-refractivity contribution in [3.63, 3.8) is 0 Å². The fourth-order valence-corrected chi connectivity index (χ4v) is 2.57. The van der Waals surface area contributed by atoms with Crippen LogP contribution in [0.25, 0.3) is 6.08 Å². The summed E-state index contributed by atoms with van der Waals surface area (Å²) in [6, 6.07) is 10.7. The number of hydrogen-bond acceptors (Lipinski definition) is 3. The lowest BCUT2D eigenvalue weighted by Crippen LogP contribution is -2.26. The monoisotopic (exact) mass is 301 g/mol. The third-order valence-corrected chi connectivity index (χ3v) is 3.94. The fraction of sp³-hybridized carbons (Fsp3) is 0.125. The summed E-state index contributed by atoms with van der Waals surface area (Å²) in [5, 5.41) is 13.5. The summed E-state index contributed by atoms with van der Waals surface area (Å²) in [6.07, 6.45) is 2.51. The molecule has 108 valence electrons. The average Bonchev–Trinajstić information content (AvgIpc) is 2.99. The lowest BCUT2D eigenvalue weighted by atomic mass is 10.1. The van der Waals surface area contributed by atoms with Crippen molar-refractivity contribution in [1.29, 1.82) is 0 Å². The number of benzene rings is 1. The zero-order chi connectivity index (χ0) is 15.2. The minimum absolute atomic E-state index is 0.0595. The van der Waals surface area contributed by atoms with Crippen molar-refractivity contribution in [1.82, 2.24) is 5.32 Å². The molecule has 0 saturated heterocycles. The Labute approximate surface area is 126 Å². The summed E-state index contributed by atoms with van der Waals surface area (Å²) >= 11 is 1.59. The molecule has 2 aromatic rings. The molecule has 0 radical (unpaired) electrons. The van der Waals surface area contributed by atoms with Gasteiger partial charge in [-0.1, -0.05) is 18.2 Å². The van der Waals surface area contributed by atoms with E-state index >= 15 is 0 Å². The second kappa shape index (κ2) is 6.85. The van der Waals surface area contributed by atoms with Gasteiger partial charge in [0.2, 0.25) is 0 Å². The van der Waals surface area contributed by atoms with E-state index in [4.69, 9.17) is 5.11 Å². The Kier molecular flexibility index (Phi) is 4.90. The lowest BCUT2D eigenvalue weighted by Gasteiger charge is -2.12. The molecular weight excluding hydrogens is 286 g/mol. The number of carboxylic acid groups (broad SMARTS) is 1. The van der Waals surface area contributed by atoms with Gasteiger partial charge in [-0.25, -0.2) is 4.79 Å². The van der Waals surface area contributed by atoms with Gasteiger partial charge in [0.25, 0.3) is 5.91 Å². The van der Waals surface area contributed by atoms with Crippen LogP contribution in [-0.4, -0.2) is 17.0 Å². The summed E-state index contributed by atoms with van der Waals surface area (Å²) < 4.78 is 0. The van der Waals surface area contributed by atoms with Crippen LogP contribution in [0.2, 0.25) is 0 Å². The highest BCUT2D eigenvalue weighted by molar-refractivity contribution is 7.10. The van der Waals surface area contributed by atoms with Gasteiger partial charge in [-0.05, 0) is 42.1 Å². The van der Waals surface area contributed by atoms with Gasteiger partial charge in [-0.2, -0.15) is 0 Å². The van der Waals surface area contributed by atoms with Crippen molar-refractivity contribution >= 4 is 29.3 Å².